The van der Waals surface area contributed by atoms with Gasteiger partial charge in [0.2, 0.25) is 5.95 Å². The number of nitrogens with one attached hydrogen (secondary N) is 2. The average Bonchev–Trinajstić information content (AvgIpc) is 2.43. The molecule has 0 aliphatic rings. The molecule has 2 aromatic rings. The average molecular weight is 278 g/mol. The van der Waals surface area contributed by atoms with Gasteiger partial charge >= 0.3 is 0 Å². The van der Waals surface area contributed by atoms with Gasteiger partial charge in [0.25, 0.3) is 5.56 Å². The summed E-state index contributed by atoms with van der Waals surface area (Å²) in [6, 6.07) is 5.05. The third-order valence-electron chi connectivity index (χ3n) is 2.70. The van der Waals surface area contributed by atoms with Gasteiger partial charge in [-0.25, -0.2) is 4.98 Å². The molecule has 7 heteroatoms. The minimum atomic E-state index is -0.217. The Morgan fingerprint density at radius 1 is 1.35 bits per heavy atom. The van der Waals surface area contributed by atoms with Crippen molar-refractivity contribution in [2.24, 2.45) is 0 Å². The monoisotopic (exact) mass is 278 g/mol. The SMILES string of the molecule is COCCOCCNc1nc2ccc(N)cc2c(=O)[nH]1. The van der Waals surface area contributed by atoms with E-state index in [-0.39, 0.29) is 5.56 Å². The molecule has 0 spiro atoms. The number of hydrogen-bond donors (Lipinski definition) is 3. The van der Waals surface area contributed by atoms with E-state index < -0.39 is 0 Å². The first kappa shape index (κ1) is 14.3. The van der Waals surface area contributed by atoms with Crippen LogP contribution in [0.15, 0.2) is 23.0 Å². The quantitative estimate of drug-likeness (QED) is 0.506. The molecule has 1 aromatic heterocycles. The van der Waals surface area contributed by atoms with Crippen molar-refractivity contribution < 1.29 is 9.47 Å². The summed E-state index contributed by atoms with van der Waals surface area (Å²) in [5.41, 5.74) is 6.57. The number of ether oxygens (including phenoxy) is 2. The zero-order valence-corrected chi connectivity index (χ0v) is 11.3. The molecule has 0 aliphatic heterocycles. The second kappa shape index (κ2) is 6.88. The molecule has 0 unspecified atom stereocenters. The predicted molar refractivity (Wildman–Crippen MR) is 78.0 cm³/mol. The van der Waals surface area contributed by atoms with E-state index in [9.17, 15) is 4.79 Å². The third-order valence-corrected chi connectivity index (χ3v) is 2.70. The fourth-order valence-corrected chi connectivity index (χ4v) is 1.73. The Balaban J connectivity index is 1.98. The fourth-order valence-electron chi connectivity index (χ4n) is 1.73. The van der Waals surface area contributed by atoms with Crippen molar-refractivity contribution in [1.82, 2.24) is 9.97 Å². The van der Waals surface area contributed by atoms with Crippen molar-refractivity contribution in [2.75, 3.05) is 44.5 Å². The summed E-state index contributed by atoms with van der Waals surface area (Å²) in [6.07, 6.45) is 0. The Labute approximate surface area is 116 Å². The van der Waals surface area contributed by atoms with Crippen molar-refractivity contribution >= 4 is 22.5 Å². The van der Waals surface area contributed by atoms with Crippen molar-refractivity contribution in [3.63, 3.8) is 0 Å². The lowest BCUT2D eigenvalue weighted by atomic mass is 10.2. The highest BCUT2D eigenvalue weighted by Gasteiger charge is 2.03. The number of nitrogens with two attached hydrogens (primary N) is 1. The molecular weight excluding hydrogens is 260 g/mol. The molecule has 108 valence electrons. The van der Waals surface area contributed by atoms with Gasteiger partial charge in [-0.2, -0.15) is 0 Å². The summed E-state index contributed by atoms with van der Waals surface area (Å²) in [4.78, 5) is 18.9. The highest BCUT2D eigenvalue weighted by Crippen LogP contribution is 2.12. The number of fused-ring (bicyclic) bond motifs is 1. The second-order valence-corrected chi connectivity index (χ2v) is 4.22. The normalized spacial score (nSPS) is 10.8. The summed E-state index contributed by atoms with van der Waals surface area (Å²) >= 11 is 0. The van der Waals surface area contributed by atoms with E-state index in [0.717, 1.165) is 0 Å². The second-order valence-electron chi connectivity index (χ2n) is 4.22. The molecule has 0 bridgehead atoms. The van der Waals surface area contributed by atoms with Crippen LogP contribution < -0.4 is 16.6 Å². The molecular formula is C13H18N4O3. The Morgan fingerprint density at radius 3 is 3.00 bits per heavy atom. The fraction of sp³-hybridized carbons (Fsp3) is 0.385. The Hall–Kier alpha value is -2.12. The van der Waals surface area contributed by atoms with Crippen molar-refractivity contribution in [2.45, 2.75) is 0 Å². The number of hydrogen-bond acceptors (Lipinski definition) is 6. The van der Waals surface area contributed by atoms with Crippen LogP contribution in [0.1, 0.15) is 0 Å². The van der Waals surface area contributed by atoms with Crippen molar-refractivity contribution in [3.05, 3.63) is 28.6 Å². The Morgan fingerprint density at radius 2 is 2.20 bits per heavy atom. The number of methoxy groups -OCH3 is 1. The van der Waals surface area contributed by atoms with Gasteiger partial charge in [0, 0.05) is 19.3 Å². The number of nitrogens with zero attached hydrogens (tertiary/aromatic N) is 1. The van der Waals surface area contributed by atoms with Gasteiger partial charge in [0.1, 0.15) is 0 Å². The zero-order chi connectivity index (χ0) is 14.4. The molecule has 0 amide bonds. The van der Waals surface area contributed by atoms with E-state index in [4.69, 9.17) is 15.2 Å². The topological polar surface area (TPSA) is 102 Å². The Bertz CT molecular complexity index is 627. The molecule has 0 aliphatic carbocycles. The molecule has 4 N–H and O–H groups in total. The molecule has 1 heterocycles. The third kappa shape index (κ3) is 3.69. The van der Waals surface area contributed by atoms with Crippen LogP contribution in [0.3, 0.4) is 0 Å². The van der Waals surface area contributed by atoms with E-state index in [2.05, 4.69) is 15.3 Å². The molecule has 0 saturated carbocycles. The minimum Gasteiger partial charge on any atom is -0.399 e. The maximum atomic E-state index is 11.9. The summed E-state index contributed by atoms with van der Waals surface area (Å²) < 4.78 is 10.2. The summed E-state index contributed by atoms with van der Waals surface area (Å²) in [7, 11) is 1.62. The van der Waals surface area contributed by atoms with E-state index >= 15 is 0 Å². The first-order valence-electron chi connectivity index (χ1n) is 6.31. The minimum absolute atomic E-state index is 0.217. The molecule has 2 rings (SSSR count). The van der Waals surface area contributed by atoms with Crippen LogP contribution in [0.25, 0.3) is 10.9 Å². The molecule has 7 nitrogen and oxygen atoms in total. The number of nitrogen functional groups attached to an aromatic ring is 1. The number of anilines is 2. The zero-order valence-electron chi connectivity index (χ0n) is 11.3. The smallest absolute Gasteiger partial charge is 0.260 e. The van der Waals surface area contributed by atoms with Crippen LogP contribution in [0.2, 0.25) is 0 Å². The summed E-state index contributed by atoms with van der Waals surface area (Å²) in [5, 5.41) is 3.48. The number of benzene rings is 1. The van der Waals surface area contributed by atoms with Crippen LogP contribution >= 0.6 is 0 Å². The van der Waals surface area contributed by atoms with Crippen LogP contribution in [0.5, 0.6) is 0 Å². The van der Waals surface area contributed by atoms with Crippen molar-refractivity contribution in [3.8, 4) is 0 Å². The Kier molecular flexibility index (Phi) is 4.91. The molecule has 0 radical (unpaired) electrons. The maximum Gasteiger partial charge on any atom is 0.260 e. The van der Waals surface area contributed by atoms with Crippen molar-refractivity contribution in [1.29, 1.82) is 0 Å². The van der Waals surface area contributed by atoms with Gasteiger partial charge in [-0.05, 0) is 18.2 Å². The van der Waals surface area contributed by atoms with E-state index in [1.807, 2.05) is 0 Å². The molecule has 0 saturated heterocycles. The van der Waals surface area contributed by atoms with Gasteiger partial charge in [0.15, 0.2) is 0 Å². The lowest BCUT2D eigenvalue weighted by Gasteiger charge is -2.07. The molecule has 20 heavy (non-hydrogen) atoms. The first-order chi connectivity index (χ1) is 9.70. The highest BCUT2D eigenvalue weighted by molar-refractivity contribution is 5.81. The number of rotatable bonds is 7. The first-order valence-corrected chi connectivity index (χ1v) is 6.31. The summed E-state index contributed by atoms with van der Waals surface area (Å²) in [5.74, 6) is 0.419. The number of H-pyrrole nitrogens is 1. The largest absolute Gasteiger partial charge is 0.399 e. The van der Waals surface area contributed by atoms with Crippen LogP contribution in [-0.4, -0.2) is 43.4 Å². The van der Waals surface area contributed by atoms with E-state index in [0.29, 0.717) is 48.9 Å². The van der Waals surface area contributed by atoms with Gasteiger partial charge in [-0.15, -0.1) is 0 Å². The summed E-state index contributed by atoms with van der Waals surface area (Å²) in [6.45, 7) is 2.16. The van der Waals surface area contributed by atoms with Gasteiger partial charge < -0.3 is 20.5 Å². The van der Waals surface area contributed by atoms with Gasteiger partial charge in [0.05, 0.1) is 30.7 Å². The highest BCUT2D eigenvalue weighted by atomic mass is 16.5. The molecule has 1 aromatic carbocycles. The molecule has 0 fully saturated rings. The van der Waals surface area contributed by atoms with Gasteiger partial charge in [-0.3, -0.25) is 9.78 Å². The number of aromatic nitrogens is 2. The lowest BCUT2D eigenvalue weighted by molar-refractivity contribution is 0.0759. The standard InChI is InChI=1S/C13H18N4O3/c1-19-6-7-20-5-4-15-13-16-11-3-2-9(14)8-10(11)12(18)17-13/h2-3,8H,4-7,14H2,1H3,(H2,15,16,17,18). The maximum absolute atomic E-state index is 11.9. The van der Waals surface area contributed by atoms with E-state index in [1.165, 1.54) is 0 Å². The number of aromatic amines is 1. The predicted octanol–water partition coefficient (Wildman–Crippen LogP) is 0.580. The van der Waals surface area contributed by atoms with E-state index in [1.54, 1.807) is 25.3 Å². The van der Waals surface area contributed by atoms with Crippen LogP contribution in [0, 0.1) is 0 Å². The van der Waals surface area contributed by atoms with Crippen LogP contribution in [-0.2, 0) is 9.47 Å². The van der Waals surface area contributed by atoms with Gasteiger partial charge in [-0.1, -0.05) is 0 Å². The lowest BCUT2D eigenvalue weighted by Crippen LogP contribution is -2.17. The van der Waals surface area contributed by atoms with Crippen LogP contribution in [0.4, 0.5) is 11.6 Å². The molecule has 0 atom stereocenters.